The van der Waals surface area contributed by atoms with Crippen molar-refractivity contribution in [1.82, 2.24) is 0 Å². The monoisotopic (exact) mass is 420 g/mol. The Labute approximate surface area is 167 Å². The number of ether oxygens (including phenoxy) is 1. The lowest BCUT2D eigenvalue weighted by Gasteiger charge is -2.38. The van der Waals surface area contributed by atoms with Crippen LogP contribution in [0.15, 0.2) is 0 Å². The maximum atomic E-state index is 12.2. The molecule has 5 atom stereocenters. The van der Waals surface area contributed by atoms with Gasteiger partial charge in [-0.1, -0.05) is 39.5 Å². The van der Waals surface area contributed by atoms with E-state index in [4.69, 9.17) is 36.9 Å². The molecule has 0 aromatic rings. The van der Waals surface area contributed by atoms with E-state index < -0.39 is 33.4 Å². The molecular weight excluding hydrogens is 389 g/mol. The first-order chi connectivity index (χ1) is 13.5. The molecule has 5 unspecified atom stereocenters. The van der Waals surface area contributed by atoms with Gasteiger partial charge in [-0.2, -0.15) is 0 Å². The Balaban J connectivity index is 1.65. The second kappa shape index (κ2) is 10.4. The third-order valence-corrected chi connectivity index (χ3v) is 6.59. The molecule has 0 bridgehead atoms. The molecule has 3 saturated heterocycles. The number of phosphoric ester groups is 1. The fraction of sp³-hybridized carbons (Fsp3) is 1.00. The molecule has 3 heterocycles. The number of rotatable bonds is 11. The molecule has 3 rings (SSSR count). The van der Waals surface area contributed by atoms with Crippen LogP contribution in [0, 0.1) is 0 Å². The molecule has 0 spiro atoms. The zero-order chi connectivity index (χ0) is 20.1. The predicted octanol–water partition coefficient (Wildman–Crippen LogP) is 2.90. The van der Waals surface area contributed by atoms with Crippen LogP contribution in [-0.4, -0.2) is 65.8 Å². The van der Waals surface area contributed by atoms with Gasteiger partial charge in [0.05, 0.1) is 12.7 Å². The molecule has 0 aromatic carbocycles. The summed E-state index contributed by atoms with van der Waals surface area (Å²) in [6.45, 7) is 4.23. The molecule has 0 aromatic heterocycles. The van der Waals surface area contributed by atoms with Gasteiger partial charge in [0, 0.05) is 14.2 Å². The highest BCUT2D eigenvalue weighted by Crippen LogP contribution is 2.48. The van der Waals surface area contributed by atoms with Gasteiger partial charge in [-0.3, -0.25) is 13.6 Å². The molecule has 160 valence electrons. The van der Waals surface area contributed by atoms with E-state index in [1.807, 2.05) is 0 Å². The predicted molar refractivity (Wildman–Crippen MR) is 103 cm³/mol. The fourth-order valence-corrected chi connectivity index (χ4v) is 4.38. The van der Waals surface area contributed by atoms with Gasteiger partial charge in [0.25, 0.3) is 0 Å². The van der Waals surface area contributed by atoms with Gasteiger partial charge in [-0.15, -0.1) is 0 Å². The summed E-state index contributed by atoms with van der Waals surface area (Å²) in [5, 5.41) is 0. The SMILES string of the molecule is CCCCB1OC2OC3C(COP(=O)(OC)OC)OB(CCCC)OC3C2O1. The Hall–Kier alpha value is 0.0399. The van der Waals surface area contributed by atoms with Gasteiger partial charge in [-0.25, -0.2) is 4.57 Å². The van der Waals surface area contributed by atoms with Crippen LogP contribution < -0.4 is 0 Å². The van der Waals surface area contributed by atoms with E-state index in [9.17, 15) is 4.57 Å². The third-order valence-electron chi connectivity index (χ3n) is 5.23. The summed E-state index contributed by atoms with van der Waals surface area (Å²) in [7, 11) is -1.73. The van der Waals surface area contributed by atoms with Gasteiger partial charge in [-0.05, 0) is 12.6 Å². The minimum Gasteiger partial charge on any atom is -0.403 e. The maximum absolute atomic E-state index is 12.2. The first kappa shape index (κ1) is 22.7. The molecule has 0 N–H and O–H groups in total. The highest BCUT2D eigenvalue weighted by molar-refractivity contribution is 7.48. The smallest absolute Gasteiger partial charge is 0.403 e. The lowest BCUT2D eigenvalue weighted by atomic mass is 9.78. The number of fused-ring (bicyclic) bond motifs is 3. The van der Waals surface area contributed by atoms with Crippen molar-refractivity contribution < 1.29 is 41.5 Å². The van der Waals surface area contributed by atoms with Crippen molar-refractivity contribution in [3.05, 3.63) is 0 Å². The van der Waals surface area contributed by atoms with Crippen LogP contribution >= 0.6 is 7.82 Å². The summed E-state index contributed by atoms with van der Waals surface area (Å²) in [5.74, 6) is 0. The third kappa shape index (κ3) is 5.20. The van der Waals surface area contributed by atoms with Crippen molar-refractivity contribution in [2.75, 3.05) is 20.8 Å². The fourth-order valence-electron chi connectivity index (χ4n) is 3.69. The lowest BCUT2D eigenvalue weighted by Crippen LogP contribution is -2.55. The maximum Gasteiger partial charge on any atom is 0.474 e. The van der Waals surface area contributed by atoms with Crippen molar-refractivity contribution in [2.45, 2.75) is 82.9 Å². The van der Waals surface area contributed by atoms with E-state index in [1.54, 1.807) is 0 Å². The van der Waals surface area contributed by atoms with E-state index in [0.29, 0.717) is 0 Å². The molecule has 9 nitrogen and oxygen atoms in total. The molecule has 0 radical (unpaired) electrons. The highest BCUT2D eigenvalue weighted by Gasteiger charge is 2.59. The van der Waals surface area contributed by atoms with Gasteiger partial charge in [0.15, 0.2) is 6.29 Å². The summed E-state index contributed by atoms with van der Waals surface area (Å²) in [6.07, 6.45) is 3.62. The summed E-state index contributed by atoms with van der Waals surface area (Å²) >= 11 is 0. The average molecular weight is 420 g/mol. The van der Waals surface area contributed by atoms with Crippen LogP contribution in [0.3, 0.4) is 0 Å². The zero-order valence-electron chi connectivity index (χ0n) is 17.1. The van der Waals surface area contributed by atoms with E-state index in [0.717, 1.165) is 38.3 Å². The highest BCUT2D eigenvalue weighted by atomic mass is 31.2. The average Bonchev–Trinajstić information content (AvgIpc) is 3.26. The standard InChI is InChI=1S/C16H31B2O9P/c1-5-7-9-17-24-12(11-22-28(19,20-3)21-4)13-14(25-17)15-16(23-13)27-18(26-15)10-8-6-2/h12-16H,5-11H2,1-4H3. The Kier molecular flexibility index (Phi) is 8.42. The van der Waals surface area contributed by atoms with E-state index in [2.05, 4.69) is 13.8 Å². The first-order valence-corrected chi connectivity index (χ1v) is 11.6. The van der Waals surface area contributed by atoms with Crippen LogP contribution in [-0.2, 0) is 41.5 Å². The number of phosphoric acid groups is 1. The molecule has 12 heteroatoms. The summed E-state index contributed by atoms with van der Waals surface area (Å²) in [5.41, 5.74) is 0. The number of unbranched alkanes of at least 4 members (excludes halogenated alkanes) is 2. The summed E-state index contributed by atoms with van der Waals surface area (Å²) in [6, 6.07) is 0. The number of hydrogen-bond donors (Lipinski definition) is 0. The molecular formula is C16H31B2O9P. The molecule has 3 aliphatic rings. The van der Waals surface area contributed by atoms with Crippen LogP contribution in [0.4, 0.5) is 0 Å². The molecule has 3 aliphatic heterocycles. The van der Waals surface area contributed by atoms with Gasteiger partial charge in [0.2, 0.25) is 0 Å². The number of hydrogen-bond acceptors (Lipinski definition) is 9. The van der Waals surface area contributed by atoms with Crippen molar-refractivity contribution >= 4 is 22.1 Å². The summed E-state index contributed by atoms with van der Waals surface area (Å²) in [4.78, 5) is 0. The Morgan fingerprint density at radius 1 is 0.857 bits per heavy atom. The first-order valence-electron chi connectivity index (χ1n) is 10.2. The molecule has 0 aliphatic carbocycles. The molecule has 0 saturated carbocycles. The van der Waals surface area contributed by atoms with Gasteiger partial charge >= 0.3 is 22.1 Å². The van der Waals surface area contributed by atoms with Crippen LogP contribution in [0.25, 0.3) is 0 Å². The quantitative estimate of drug-likeness (QED) is 0.370. The van der Waals surface area contributed by atoms with Crippen molar-refractivity contribution in [3.63, 3.8) is 0 Å². The van der Waals surface area contributed by atoms with Gasteiger partial charge < -0.3 is 23.4 Å². The Bertz CT molecular complexity index is 534. The Morgan fingerprint density at radius 3 is 2.07 bits per heavy atom. The van der Waals surface area contributed by atoms with Crippen molar-refractivity contribution in [2.24, 2.45) is 0 Å². The zero-order valence-corrected chi connectivity index (χ0v) is 18.0. The second-order valence-corrected chi connectivity index (χ2v) is 9.12. The van der Waals surface area contributed by atoms with Crippen LogP contribution in [0.5, 0.6) is 0 Å². The van der Waals surface area contributed by atoms with E-state index >= 15 is 0 Å². The van der Waals surface area contributed by atoms with Crippen molar-refractivity contribution in [3.8, 4) is 0 Å². The second-order valence-electron chi connectivity index (χ2n) is 7.23. The van der Waals surface area contributed by atoms with E-state index in [-0.39, 0.29) is 25.9 Å². The molecule has 28 heavy (non-hydrogen) atoms. The topological polar surface area (TPSA) is 90.9 Å². The minimum absolute atomic E-state index is 0.00911. The van der Waals surface area contributed by atoms with Gasteiger partial charge in [0.1, 0.15) is 18.3 Å². The molecule has 0 amide bonds. The van der Waals surface area contributed by atoms with Crippen LogP contribution in [0.1, 0.15) is 39.5 Å². The minimum atomic E-state index is -3.61. The normalized spacial score (nSPS) is 32.6. The lowest BCUT2D eigenvalue weighted by molar-refractivity contribution is -0.139. The molecule has 3 fully saturated rings. The van der Waals surface area contributed by atoms with Crippen molar-refractivity contribution in [1.29, 1.82) is 0 Å². The Morgan fingerprint density at radius 2 is 1.46 bits per heavy atom. The van der Waals surface area contributed by atoms with E-state index in [1.165, 1.54) is 14.2 Å². The largest absolute Gasteiger partial charge is 0.474 e. The van der Waals surface area contributed by atoms with Crippen LogP contribution in [0.2, 0.25) is 12.6 Å². The summed E-state index contributed by atoms with van der Waals surface area (Å²) < 4.78 is 57.5.